The Morgan fingerprint density at radius 1 is 1.36 bits per heavy atom. The van der Waals surface area contributed by atoms with E-state index >= 15 is 0 Å². The summed E-state index contributed by atoms with van der Waals surface area (Å²) < 4.78 is 21.6. The van der Waals surface area contributed by atoms with Crippen LogP contribution in [0, 0.1) is 4.78 Å². The fraction of sp³-hybridized carbons (Fsp3) is 0.500. The highest BCUT2D eigenvalue weighted by Crippen LogP contribution is 2.39. The van der Waals surface area contributed by atoms with Crippen molar-refractivity contribution in [3.8, 4) is 0 Å². The van der Waals surface area contributed by atoms with Gasteiger partial charge in [-0.25, -0.2) is 4.21 Å². The van der Waals surface area contributed by atoms with Crippen LogP contribution in [0.5, 0.6) is 0 Å². The highest BCUT2D eigenvalue weighted by atomic mass is 35.5. The lowest BCUT2D eigenvalue weighted by atomic mass is 9.92. The minimum absolute atomic E-state index is 0.0919. The van der Waals surface area contributed by atoms with E-state index in [1.807, 2.05) is 28.5 Å². The van der Waals surface area contributed by atoms with Crippen LogP contribution in [0.4, 0.5) is 0 Å². The Bertz CT molecular complexity index is 938. The standard InChI is InChI=1S/C18H21ClN2O2S2/c19-14-3-4-16-15(10-14)13(11-24-16)9-17(22)21-7-1-5-18(21)6-2-8-25(20,23)12-18/h3-4,10-11,20H,1-2,5-9,12H2. The zero-order valence-corrected chi connectivity index (χ0v) is 16.3. The summed E-state index contributed by atoms with van der Waals surface area (Å²) in [5, 5.41) is 3.77. The van der Waals surface area contributed by atoms with Crippen LogP contribution in [0.2, 0.25) is 5.02 Å². The second kappa shape index (κ2) is 6.25. The third kappa shape index (κ3) is 3.20. The molecule has 2 aliphatic rings. The summed E-state index contributed by atoms with van der Waals surface area (Å²) >= 11 is 7.74. The number of likely N-dealkylation sites (tertiary alicyclic amines) is 1. The van der Waals surface area contributed by atoms with Gasteiger partial charge in [0.05, 0.1) is 17.7 Å². The van der Waals surface area contributed by atoms with E-state index in [-0.39, 0.29) is 11.4 Å². The molecule has 2 aromatic rings. The maximum absolute atomic E-state index is 13.1. The van der Waals surface area contributed by atoms with Gasteiger partial charge in [0.25, 0.3) is 0 Å². The SMILES string of the molecule is N=S1(=O)CCCC2(CCCN2C(=O)Cc2csc3ccc(Cl)cc23)C1. The lowest BCUT2D eigenvalue weighted by Gasteiger charge is -2.42. The van der Waals surface area contributed by atoms with Gasteiger partial charge in [-0.15, -0.1) is 11.3 Å². The number of nitrogens with one attached hydrogen (secondary N) is 1. The first kappa shape index (κ1) is 17.3. The quantitative estimate of drug-likeness (QED) is 0.822. The van der Waals surface area contributed by atoms with Gasteiger partial charge in [0, 0.05) is 31.7 Å². The molecule has 2 unspecified atom stereocenters. The van der Waals surface area contributed by atoms with E-state index in [9.17, 15) is 9.00 Å². The summed E-state index contributed by atoms with van der Waals surface area (Å²) in [7, 11) is -2.55. The normalized spacial score (nSPS) is 29.6. The molecule has 2 fully saturated rings. The zero-order valence-electron chi connectivity index (χ0n) is 13.9. The number of fused-ring (bicyclic) bond motifs is 1. The molecule has 1 N–H and O–H groups in total. The molecule has 0 radical (unpaired) electrons. The van der Waals surface area contributed by atoms with E-state index in [0.29, 0.717) is 22.9 Å². The number of carbonyl (C=O) groups is 1. The Hall–Kier alpha value is -1.11. The lowest BCUT2D eigenvalue weighted by molar-refractivity contribution is -0.134. The van der Waals surface area contributed by atoms with Crippen molar-refractivity contribution < 1.29 is 9.00 Å². The average Bonchev–Trinajstić information content (AvgIpc) is 3.11. The maximum atomic E-state index is 13.1. The minimum atomic E-state index is -2.55. The molecule has 1 aromatic carbocycles. The fourth-order valence-electron chi connectivity index (χ4n) is 4.40. The lowest BCUT2D eigenvalue weighted by Crippen LogP contribution is -2.54. The van der Waals surface area contributed by atoms with Gasteiger partial charge in [-0.05, 0) is 60.2 Å². The highest BCUT2D eigenvalue weighted by Gasteiger charge is 2.47. The van der Waals surface area contributed by atoms with E-state index in [1.54, 1.807) is 11.3 Å². The Morgan fingerprint density at radius 2 is 2.16 bits per heavy atom. The Balaban J connectivity index is 1.60. The fourth-order valence-corrected chi connectivity index (χ4v) is 7.58. The van der Waals surface area contributed by atoms with Crippen LogP contribution in [0.15, 0.2) is 23.6 Å². The number of hydrogen-bond acceptors (Lipinski definition) is 4. The number of nitrogens with zero attached hydrogens (tertiary/aromatic N) is 1. The van der Waals surface area contributed by atoms with Crippen molar-refractivity contribution in [2.24, 2.45) is 0 Å². The number of benzene rings is 1. The number of halogens is 1. The second-order valence-electron chi connectivity index (χ2n) is 7.22. The molecule has 134 valence electrons. The number of rotatable bonds is 2. The smallest absolute Gasteiger partial charge is 0.227 e. The van der Waals surface area contributed by atoms with Crippen LogP contribution in [0.1, 0.15) is 31.2 Å². The highest BCUT2D eigenvalue weighted by molar-refractivity contribution is 7.92. The van der Waals surface area contributed by atoms with Crippen molar-refractivity contribution in [2.75, 3.05) is 18.1 Å². The summed E-state index contributed by atoms with van der Waals surface area (Å²) in [5.74, 6) is 0.918. The number of hydrogen-bond donors (Lipinski definition) is 1. The summed E-state index contributed by atoms with van der Waals surface area (Å²) in [6.45, 7) is 0.719. The predicted molar refractivity (Wildman–Crippen MR) is 104 cm³/mol. The molecule has 2 atom stereocenters. The first-order valence-corrected chi connectivity index (χ1v) is 11.7. The molecule has 1 aromatic heterocycles. The molecule has 0 aliphatic carbocycles. The predicted octanol–water partition coefficient (Wildman–Crippen LogP) is 4.30. The van der Waals surface area contributed by atoms with Gasteiger partial charge in [0.2, 0.25) is 5.91 Å². The maximum Gasteiger partial charge on any atom is 0.227 e. The molecule has 25 heavy (non-hydrogen) atoms. The minimum Gasteiger partial charge on any atom is -0.336 e. The second-order valence-corrected chi connectivity index (χ2v) is 10.9. The summed E-state index contributed by atoms with van der Waals surface area (Å²) in [4.78, 5) is 15.0. The zero-order chi connectivity index (χ0) is 17.7. The van der Waals surface area contributed by atoms with Crippen LogP contribution in [0.25, 0.3) is 10.1 Å². The molecule has 7 heteroatoms. The average molecular weight is 397 g/mol. The Labute approximate surface area is 157 Å². The number of thiophene rings is 1. The van der Waals surface area contributed by atoms with E-state index in [0.717, 1.165) is 47.9 Å². The Morgan fingerprint density at radius 3 is 2.96 bits per heavy atom. The van der Waals surface area contributed by atoms with Crippen molar-refractivity contribution in [1.82, 2.24) is 4.90 Å². The molecule has 0 bridgehead atoms. The molecule has 4 nitrogen and oxygen atoms in total. The summed E-state index contributed by atoms with van der Waals surface area (Å²) in [6.07, 6.45) is 3.83. The third-order valence-electron chi connectivity index (χ3n) is 5.47. The third-order valence-corrected chi connectivity index (χ3v) is 8.67. The van der Waals surface area contributed by atoms with Crippen molar-refractivity contribution in [3.63, 3.8) is 0 Å². The number of amides is 1. The molecule has 1 spiro atoms. The van der Waals surface area contributed by atoms with E-state index in [1.165, 1.54) is 0 Å². The summed E-state index contributed by atoms with van der Waals surface area (Å²) in [6, 6.07) is 5.78. The molecule has 0 saturated carbocycles. The molecule has 1 amide bonds. The van der Waals surface area contributed by atoms with E-state index < -0.39 is 9.73 Å². The van der Waals surface area contributed by atoms with Gasteiger partial charge in [-0.3, -0.25) is 9.57 Å². The Kier molecular flexibility index (Phi) is 4.33. The van der Waals surface area contributed by atoms with E-state index in [4.69, 9.17) is 16.4 Å². The number of carbonyl (C=O) groups excluding carboxylic acids is 1. The van der Waals surface area contributed by atoms with Gasteiger partial charge < -0.3 is 4.90 Å². The van der Waals surface area contributed by atoms with Gasteiger partial charge in [0.1, 0.15) is 0 Å². The van der Waals surface area contributed by atoms with Gasteiger partial charge >= 0.3 is 0 Å². The van der Waals surface area contributed by atoms with Crippen LogP contribution in [-0.2, 0) is 20.9 Å². The van der Waals surface area contributed by atoms with Gasteiger partial charge in [0.15, 0.2) is 0 Å². The molecular formula is C18H21ClN2O2S2. The van der Waals surface area contributed by atoms with Gasteiger partial charge in [-0.2, -0.15) is 0 Å². The first-order chi connectivity index (χ1) is 11.9. The van der Waals surface area contributed by atoms with Crippen molar-refractivity contribution in [2.45, 2.75) is 37.6 Å². The van der Waals surface area contributed by atoms with Crippen LogP contribution in [0.3, 0.4) is 0 Å². The first-order valence-electron chi connectivity index (χ1n) is 8.59. The molecule has 2 saturated heterocycles. The van der Waals surface area contributed by atoms with E-state index in [2.05, 4.69) is 0 Å². The van der Waals surface area contributed by atoms with Gasteiger partial charge in [-0.1, -0.05) is 11.6 Å². The topological polar surface area (TPSA) is 61.2 Å². The monoisotopic (exact) mass is 396 g/mol. The van der Waals surface area contributed by atoms with Crippen molar-refractivity contribution in [3.05, 3.63) is 34.2 Å². The van der Waals surface area contributed by atoms with Crippen molar-refractivity contribution in [1.29, 1.82) is 4.78 Å². The molecular weight excluding hydrogens is 376 g/mol. The summed E-state index contributed by atoms with van der Waals surface area (Å²) in [5.41, 5.74) is 0.662. The van der Waals surface area contributed by atoms with Crippen LogP contribution in [-0.4, -0.2) is 38.6 Å². The largest absolute Gasteiger partial charge is 0.336 e. The molecule has 3 heterocycles. The molecule has 4 rings (SSSR count). The van der Waals surface area contributed by atoms with Crippen LogP contribution >= 0.6 is 22.9 Å². The molecule has 2 aliphatic heterocycles. The van der Waals surface area contributed by atoms with Crippen LogP contribution < -0.4 is 0 Å². The van der Waals surface area contributed by atoms with Crippen molar-refractivity contribution >= 4 is 48.7 Å².